The third kappa shape index (κ3) is 5.04. The summed E-state index contributed by atoms with van der Waals surface area (Å²) in [6.07, 6.45) is -0.385. The second-order valence-electron chi connectivity index (χ2n) is 5.03. The smallest absolute Gasteiger partial charge is 0.303 e. The lowest BCUT2D eigenvalue weighted by Crippen LogP contribution is -2.26. The number of carbonyl (C=O) groups excluding carboxylic acids is 2. The summed E-state index contributed by atoms with van der Waals surface area (Å²) in [7, 11) is 0. The fourth-order valence-corrected chi connectivity index (χ4v) is 2.89. The van der Waals surface area contributed by atoms with Gasteiger partial charge < -0.3 is 4.74 Å². The molecular weight excluding hydrogens is 296 g/mol. The van der Waals surface area contributed by atoms with Gasteiger partial charge in [0.15, 0.2) is 6.10 Å². The number of ether oxygens (including phenoxy) is 1. The van der Waals surface area contributed by atoms with E-state index in [0.29, 0.717) is 6.42 Å². The zero-order valence-electron chi connectivity index (χ0n) is 12.6. The Bertz CT molecular complexity index is 652. The van der Waals surface area contributed by atoms with Gasteiger partial charge in [0.1, 0.15) is 0 Å². The van der Waals surface area contributed by atoms with Gasteiger partial charge in [-0.1, -0.05) is 48.0 Å². The van der Waals surface area contributed by atoms with E-state index in [-0.39, 0.29) is 5.12 Å². The monoisotopic (exact) mass is 314 g/mol. The van der Waals surface area contributed by atoms with Crippen molar-refractivity contribution in [3.63, 3.8) is 0 Å². The Hall–Kier alpha value is -2.07. The summed E-state index contributed by atoms with van der Waals surface area (Å²) in [5, 5.41) is -0.164. The molecule has 1 atom stereocenters. The maximum atomic E-state index is 12.4. The summed E-state index contributed by atoms with van der Waals surface area (Å²) >= 11 is 1.10. The van der Waals surface area contributed by atoms with Gasteiger partial charge in [0.25, 0.3) is 0 Å². The van der Waals surface area contributed by atoms with Crippen LogP contribution in [-0.4, -0.2) is 17.2 Å². The zero-order chi connectivity index (χ0) is 15.9. The van der Waals surface area contributed by atoms with Crippen LogP contribution in [0.3, 0.4) is 0 Å². The van der Waals surface area contributed by atoms with Crippen molar-refractivity contribution in [1.29, 1.82) is 0 Å². The highest BCUT2D eigenvalue weighted by atomic mass is 32.2. The summed E-state index contributed by atoms with van der Waals surface area (Å²) < 4.78 is 5.22. The van der Waals surface area contributed by atoms with Gasteiger partial charge in [-0.25, -0.2) is 0 Å². The minimum absolute atomic E-state index is 0.164. The number of thioether (sulfide) groups is 1. The number of hydrogen-bond donors (Lipinski definition) is 0. The van der Waals surface area contributed by atoms with Gasteiger partial charge in [0.2, 0.25) is 5.12 Å². The van der Waals surface area contributed by atoms with Crippen LogP contribution in [0.15, 0.2) is 59.5 Å². The third-order valence-electron chi connectivity index (χ3n) is 3.04. The molecule has 0 aliphatic rings. The average molecular weight is 314 g/mol. The first kappa shape index (κ1) is 16.3. The summed E-state index contributed by atoms with van der Waals surface area (Å²) in [6.45, 7) is 3.31. The normalized spacial score (nSPS) is 11.7. The molecule has 0 saturated carbocycles. The van der Waals surface area contributed by atoms with Gasteiger partial charge in [-0.05, 0) is 36.4 Å². The second kappa shape index (κ2) is 7.80. The van der Waals surface area contributed by atoms with Gasteiger partial charge in [0, 0.05) is 18.2 Å². The lowest BCUT2D eigenvalue weighted by atomic mass is 10.1. The van der Waals surface area contributed by atoms with E-state index in [9.17, 15) is 9.59 Å². The van der Waals surface area contributed by atoms with E-state index in [1.54, 1.807) is 0 Å². The summed E-state index contributed by atoms with van der Waals surface area (Å²) in [5.41, 5.74) is 2.09. The molecule has 0 fully saturated rings. The molecule has 3 nitrogen and oxygen atoms in total. The van der Waals surface area contributed by atoms with E-state index in [2.05, 4.69) is 0 Å². The fraction of sp³-hybridized carbons (Fsp3) is 0.222. The molecule has 4 heteroatoms. The van der Waals surface area contributed by atoms with Gasteiger partial charge in [-0.3, -0.25) is 9.59 Å². The standard InChI is InChI=1S/C18H18O3S/c1-13-7-6-8-15(11-13)12-17(21-14(2)19)18(20)22-16-9-4-3-5-10-16/h3-11,17H,12H2,1-2H3. The molecule has 0 radical (unpaired) electrons. The van der Waals surface area contributed by atoms with Crippen LogP contribution in [0.2, 0.25) is 0 Å². The minimum Gasteiger partial charge on any atom is -0.453 e. The van der Waals surface area contributed by atoms with Gasteiger partial charge in [-0.2, -0.15) is 0 Å². The number of esters is 1. The fourth-order valence-electron chi connectivity index (χ4n) is 2.10. The first-order chi connectivity index (χ1) is 10.5. The van der Waals surface area contributed by atoms with Crippen LogP contribution in [0.4, 0.5) is 0 Å². The summed E-state index contributed by atoms with van der Waals surface area (Å²) in [6, 6.07) is 17.2. The molecule has 0 aromatic heterocycles. The molecule has 0 saturated heterocycles. The van der Waals surface area contributed by atoms with E-state index in [0.717, 1.165) is 27.8 Å². The Balaban J connectivity index is 2.11. The predicted molar refractivity (Wildman–Crippen MR) is 87.7 cm³/mol. The quantitative estimate of drug-likeness (QED) is 0.622. The Morgan fingerprint density at radius 3 is 2.45 bits per heavy atom. The van der Waals surface area contributed by atoms with Crippen molar-refractivity contribution in [1.82, 2.24) is 0 Å². The number of carbonyl (C=O) groups is 2. The molecule has 0 aliphatic carbocycles. The second-order valence-corrected chi connectivity index (χ2v) is 6.10. The minimum atomic E-state index is -0.774. The van der Waals surface area contributed by atoms with Gasteiger partial charge in [-0.15, -0.1) is 0 Å². The van der Waals surface area contributed by atoms with Gasteiger partial charge in [0.05, 0.1) is 0 Å². The van der Waals surface area contributed by atoms with E-state index in [1.807, 2.05) is 61.5 Å². The number of benzene rings is 2. The van der Waals surface area contributed by atoms with Crippen LogP contribution in [0.5, 0.6) is 0 Å². The maximum Gasteiger partial charge on any atom is 0.303 e. The molecule has 0 amide bonds. The summed E-state index contributed by atoms with van der Waals surface area (Å²) in [4.78, 5) is 24.5. The van der Waals surface area contributed by atoms with E-state index in [4.69, 9.17) is 4.74 Å². The molecule has 114 valence electrons. The molecule has 2 rings (SSSR count). The predicted octanol–water partition coefficient (Wildman–Crippen LogP) is 3.79. The van der Waals surface area contributed by atoms with Crippen molar-refractivity contribution in [3.05, 3.63) is 65.7 Å². The number of rotatable bonds is 5. The highest BCUT2D eigenvalue weighted by Crippen LogP contribution is 2.22. The van der Waals surface area contributed by atoms with E-state index in [1.165, 1.54) is 6.92 Å². The topological polar surface area (TPSA) is 43.4 Å². The van der Waals surface area contributed by atoms with Crippen LogP contribution in [-0.2, 0) is 20.7 Å². The highest BCUT2D eigenvalue weighted by molar-refractivity contribution is 8.13. The SMILES string of the molecule is CC(=O)OC(Cc1cccc(C)c1)C(=O)Sc1ccccc1. The molecule has 1 unspecified atom stereocenters. The molecule has 0 aliphatic heterocycles. The molecule has 0 bridgehead atoms. The molecule has 2 aromatic rings. The Morgan fingerprint density at radius 2 is 1.82 bits per heavy atom. The van der Waals surface area contributed by atoms with Crippen molar-refractivity contribution >= 4 is 22.8 Å². The first-order valence-corrected chi connectivity index (χ1v) is 7.86. The van der Waals surface area contributed by atoms with Crippen molar-refractivity contribution in [2.45, 2.75) is 31.3 Å². The van der Waals surface area contributed by atoms with E-state index >= 15 is 0 Å². The lowest BCUT2D eigenvalue weighted by Gasteiger charge is -2.16. The maximum absolute atomic E-state index is 12.4. The van der Waals surface area contributed by atoms with Crippen LogP contribution >= 0.6 is 11.8 Å². The van der Waals surface area contributed by atoms with Crippen molar-refractivity contribution in [2.24, 2.45) is 0 Å². The van der Waals surface area contributed by atoms with Crippen LogP contribution in [0.25, 0.3) is 0 Å². The molecule has 0 spiro atoms. The molecule has 22 heavy (non-hydrogen) atoms. The first-order valence-electron chi connectivity index (χ1n) is 7.04. The average Bonchev–Trinajstić information content (AvgIpc) is 2.47. The largest absolute Gasteiger partial charge is 0.453 e. The van der Waals surface area contributed by atoms with Crippen LogP contribution < -0.4 is 0 Å². The zero-order valence-corrected chi connectivity index (χ0v) is 13.4. The molecule has 0 heterocycles. The molecule has 2 aromatic carbocycles. The van der Waals surface area contributed by atoms with Crippen LogP contribution in [0.1, 0.15) is 18.1 Å². The number of hydrogen-bond acceptors (Lipinski definition) is 4. The molecule has 0 N–H and O–H groups in total. The van der Waals surface area contributed by atoms with Crippen molar-refractivity contribution < 1.29 is 14.3 Å². The third-order valence-corrected chi connectivity index (χ3v) is 4.01. The molecular formula is C18H18O3S. The lowest BCUT2D eigenvalue weighted by molar-refractivity contribution is -0.150. The Kier molecular flexibility index (Phi) is 5.78. The van der Waals surface area contributed by atoms with Gasteiger partial charge >= 0.3 is 5.97 Å². The van der Waals surface area contributed by atoms with Crippen molar-refractivity contribution in [3.8, 4) is 0 Å². The van der Waals surface area contributed by atoms with Crippen LogP contribution in [0, 0.1) is 6.92 Å². The Morgan fingerprint density at radius 1 is 1.09 bits per heavy atom. The van der Waals surface area contributed by atoms with E-state index < -0.39 is 12.1 Å². The number of aryl methyl sites for hydroxylation is 1. The van der Waals surface area contributed by atoms with Crippen molar-refractivity contribution in [2.75, 3.05) is 0 Å². The highest BCUT2D eigenvalue weighted by Gasteiger charge is 2.23. The Labute approximate surface area is 134 Å². The summed E-state index contributed by atoms with van der Waals surface area (Å²) in [5.74, 6) is -0.445.